The van der Waals surface area contributed by atoms with E-state index in [1.54, 1.807) is 38.3 Å². The minimum Gasteiger partial charge on any atom is -0.497 e. The lowest BCUT2D eigenvalue weighted by Crippen LogP contribution is -2.19. The van der Waals surface area contributed by atoms with Crippen molar-refractivity contribution in [3.63, 3.8) is 0 Å². The van der Waals surface area contributed by atoms with Gasteiger partial charge >= 0.3 is 0 Å². The number of carbonyl (C=O) groups is 2. The quantitative estimate of drug-likeness (QED) is 0.619. The molecule has 134 valence electrons. The fourth-order valence-electron chi connectivity index (χ4n) is 2.42. The lowest BCUT2D eigenvalue weighted by atomic mass is 10.1. The first-order valence-corrected chi connectivity index (χ1v) is 8.47. The van der Waals surface area contributed by atoms with Crippen molar-refractivity contribution in [2.45, 2.75) is 19.8 Å². The fourth-order valence-corrected chi connectivity index (χ4v) is 2.42. The third kappa shape index (κ3) is 4.47. The second-order valence-corrected chi connectivity index (χ2v) is 6.21. The van der Waals surface area contributed by atoms with Crippen LogP contribution in [0.2, 0.25) is 0 Å². The molecular formula is C20H21N3O3. The summed E-state index contributed by atoms with van der Waals surface area (Å²) in [7, 11) is 1.57. The van der Waals surface area contributed by atoms with Crippen molar-refractivity contribution < 1.29 is 14.3 Å². The Morgan fingerprint density at radius 2 is 1.81 bits per heavy atom. The van der Waals surface area contributed by atoms with Crippen molar-refractivity contribution in [1.82, 2.24) is 5.43 Å². The molecule has 1 aliphatic rings. The maximum atomic E-state index is 12.2. The summed E-state index contributed by atoms with van der Waals surface area (Å²) in [4.78, 5) is 24.0. The molecule has 1 saturated carbocycles. The predicted molar refractivity (Wildman–Crippen MR) is 100 cm³/mol. The molecule has 0 atom stereocenters. The summed E-state index contributed by atoms with van der Waals surface area (Å²) < 4.78 is 5.07. The molecule has 0 aromatic heterocycles. The third-order valence-corrected chi connectivity index (χ3v) is 4.17. The van der Waals surface area contributed by atoms with Gasteiger partial charge in [-0.15, -0.1) is 0 Å². The molecule has 0 heterocycles. The summed E-state index contributed by atoms with van der Waals surface area (Å²) in [5.74, 6) is 0.596. The van der Waals surface area contributed by atoms with E-state index in [4.69, 9.17) is 4.74 Å². The molecule has 0 radical (unpaired) electrons. The van der Waals surface area contributed by atoms with Gasteiger partial charge in [-0.2, -0.15) is 5.10 Å². The third-order valence-electron chi connectivity index (χ3n) is 4.17. The highest BCUT2D eigenvalue weighted by atomic mass is 16.5. The van der Waals surface area contributed by atoms with Crippen LogP contribution in [0.5, 0.6) is 5.75 Å². The van der Waals surface area contributed by atoms with Gasteiger partial charge in [0.25, 0.3) is 5.91 Å². The van der Waals surface area contributed by atoms with Crippen molar-refractivity contribution >= 4 is 23.2 Å². The van der Waals surface area contributed by atoms with Crippen LogP contribution in [0.3, 0.4) is 0 Å². The van der Waals surface area contributed by atoms with Crippen molar-refractivity contribution in [1.29, 1.82) is 0 Å². The number of amides is 2. The topological polar surface area (TPSA) is 79.8 Å². The number of hydrazone groups is 1. The number of anilines is 1. The summed E-state index contributed by atoms with van der Waals surface area (Å²) in [5.41, 5.74) is 5.24. The summed E-state index contributed by atoms with van der Waals surface area (Å²) in [6.45, 7) is 1.80. The van der Waals surface area contributed by atoms with Gasteiger partial charge in [-0.3, -0.25) is 9.59 Å². The van der Waals surface area contributed by atoms with Crippen LogP contribution >= 0.6 is 0 Å². The second kappa shape index (κ2) is 7.82. The van der Waals surface area contributed by atoms with Gasteiger partial charge in [-0.05, 0) is 61.7 Å². The fraction of sp³-hybridized carbons (Fsp3) is 0.250. The van der Waals surface area contributed by atoms with E-state index in [9.17, 15) is 9.59 Å². The number of hydrogen-bond donors (Lipinski definition) is 2. The number of methoxy groups -OCH3 is 1. The monoisotopic (exact) mass is 351 g/mol. The van der Waals surface area contributed by atoms with Crippen LogP contribution in [0, 0.1) is 5.92 Å². The molecule has 2 N–H and O–H groups in total. The SMILES string of the molecule is COc1ccc(C(=O)N/N=C(\C)c2cccc(NC(=O)C3CC3)c2)cc1. The van der Waals surface area contributed by atoms with Crippen LogP contribution in [-0.4, -0.2) is 24.6 Å². The molecule has 3 rings (SSSR count). The zero-order chi connectivity index (χ0) is 18.5. The largest absolute Gasteiger partial charge is 0.497 e. The van der Waals surface area contributed by atoms with Gasteiger partial charge in [0, 0.05) is 17.2 Å². The first kappa shape index (κ1) is 17.7. The molecule has 2 aromatic carbocycles. The minimum absolute atomic E-state index is 0.0598. The Hall–Kier alpha value is -3.15. The van der Waals surface area contributed by atoms with Crippen LogP contribution in [0.4, 0.5) is 5.69 Å². The summed E-state index contributed by atoms with van der Waals surface area (Å²) in [6.07, 6.45) is 1.92. The molecule has 2 amide bonds. The standard InChI is InChI=1S/C20H21N3O3/c1-13(22-23-20(25)15-8-10-18(26-2)11-9-15)16-4-3-5-17(12-16)21-19(24)14-6-7-14/h3-5,8-12,14H,6-7H2,1-2H3,(H,21,24)(H,23,25)/b22-13+. The van der Waals surface area contributed by atoms with Gasteiger partial charge in [0.15, 0.2) is 0 Å². The summed E-state index contributed by atoms with van der Waals surface area (Å²) in [6, 6.07) is 14.2. The number of rotatable bonds is 6. The van der Waals surface area contributed by atoms with E-state index in [1.807, 2.05) is 24.3 Å². The molecule has 6 heteroatoms. The van der Waals surface area contributed by atoms with Crippen molar-refractivity contribution in [2.75, 3.05) is 12.4 Å². The smallest absolute Gasteiger partial charge is 0.271 e. The van der Waals surface area contributed by atoms with Crippen LogP contribution in [0.15, 0.2) is 53.6 Å². The molecule has 0 unspecified atom stereocenters. The molecule has 26 heavy (non-hydrogen) atoms. The molecule has 2 aromatic rings. The van der Waals surface area contributed by atoms with Gasteiger partial charge in [-0.25, -0.2) is 5.43 Å². The average molecular weight is 351 g/mol. The minimum atomic E-state index is -0.301. The highest BCUT2D eigenvalue weighted by molar-refractivity contribution is 6.02. The van der Waals surface area contributed by atoms with E-state index in [0.717, 1.165) is 24.1 Å². The highest BCUT2D eigenvalue weighted by Crippen LogP contribution is 2.30. The van der Waals surface area contributed by atoms with Crippen molar-refractivity contribution in [3.8, 4) is 5.75 Å². The van der Waals surface area contributed by atoms with Crippen LogP contribution in [0.25, 0.3) is 0 Å². The first-order valence-electron chi connectivity index (χ1n) is 8.47. The first-order chi connectivity index (χ1) is 12.6. The van der Waals surface area contributed by atoms with E-state index in [-0.39, 0.29) is 17.7 Å². The van der Waals surface area contributed by atoms with Gasteiger partial charge in [0.2, 0.25) is 5.91 Å². The Balaban J connectivity index is 1.64. The Morgan fingerprint density at radius 3 is 2.46 bits per heavy atom. The van der Waals surface area contributed by atoms with Gasteiger partial charge in [0.1, 0.15) is 5.75 Å². The molecule has 0 aliphatic heterocycles. The Bertz CT molecular complexity index is 840. The van der Waals surface area contributed by atoms with Crippen LogP contribution in [-0.2, 0) is 4.79 Å². The molecule has 0 bridgehead atoms. The number of carbonyl (C=O) groups excluding carboxylic acids is 2. The summed E-state index contributed by atoms with van der Waals surface area (Å²) in [5, 5.41) is 7.06. The highest BCUT2D eigenvalue weighted by Gasteiger charge is 2.29. The van der Waals surface area contributed by atoms with E-state index in [0.29, 0.717) is 17.0 Å². The predicted octanol–water partition coefficient (Wildman–Crippen LogP) is 3.20. The van der Waals surface area contributed by atoms with Gasteiger partial charge in [0.05, 0.1) is 12.8 Å². The second-order valence-electron chi connectivity index (χ2n) is 6.21. The van der Waals surface area contributed by atoms with E-state index in [2.05, 4.69) is 15.8 Å². The molecule has 1 fully saturated rings. The van der Waals surface area contributed by atoms with Crippen LogP contribution < -0.4 is 15.5 Å². The average Bonchev–Trinajstić information content (AvgIpc) is 3.51. The van der Waals surface area contributed by atoms with Crippen molar-refractivity contribution in [2.24, 2.45) is 11.0 Å². The number of nitrogens with zero attached hydrogens (tertiary/aromatic N) is 1. The summed E-state index contributed by atoms with van der Waals surface area (Å²) >= 11 is 0. The van der Waals surface area contributed by atoms with Crippen LogP contribution in [0.1, 0.15) is 35.7 Å². The van der Waals surface area contributed by atoms with E-state index >= 15 is 0 Å². The number of hydrogen-bond acceptors (Lipinski definition) is 4. The number of benzene rings is 2. The Kier molecular flexibility index (Phi) is 5.31. The number of ether oxygens (including phenoxy) is 1. The molecule has 0 saturated heterocycles. The zero-order valence-corrected chi connectivity index (χ0v) is 14.8. The Morgan fingerprint density at radius 1 is 1.08 bits per heavy atom. The molecular weight excluding hydrogens is 330 g/mol. The Labute approximate surface area is 152 Å². The van der Waals surface area contributed by atoms with Crippen molar-refractivity contribution in [3.05, 3.63) is 59.7 Å². The molecule has 1 aliphatic carbocycles. The van der Waals surface area contributed by atoms with E-state index in [1.165, 1.54) is 0 Å². The lowest BCUT2D eigenvalue weighted by molar-refractivity contribution is -0.117. The lowest BCUT2D eigenvalue weighted by Gasteiger charge is -2.07. The maximum absolute atomic E-state index is 12.2. The number of nitrogens with one attached hydrogen (secondary N) is 2. The molecule has 0 spiro atoms. The molecule has 6 nitrogen and oxygen atoms in total. The maximum Gasteiger partial charge on any atom is 0.271 e. The normalized spacial score (nSPS) is 13.8. The van der Waals surface area contributed by atoms with Gasteiger partial charge < -0.3 is 10.1 Å². The zero-order valence-electron chi connectivity index (χ0n) is 14.8. The van der Waals surface area contributed by atoms with E-state index < -0.39 is 0 Å². The van der Waals surface area contributed by atoms with Gasteiger partial charge in [-0.1, -0.05) is 12.1 Å².